The van der Waals surface area contributed by atoms with Gasteiger partial charge in [-0.2, -0.15) is 0 Å². The SMILES string of the molecule is CC(=O)N[C@H]1[C@H]([C@@H](O)[C@H](O)CO)O[C@@](O[C@H]2[C@@H](O)[C@@H](CO)O[C@@H](O[C@H]3[C@H](O[C@@H]4O[C@@H](C)[C@@H](O)[C@@H](O)[C@@H]4O)C=CO[C@@H]3CO)[C@@H]2O)(C(=O)O)C[C@@H]1O. The first-order valence-electron chi connectivity index (χ1n) is 16.1. The van der Waals surface area contributed by atoms with Crippen LogP contribution in [0.1, 0.15) is 20.3 Å². The Bertz CT molecular complexity index is 1200. The minimum atomic E-state index is -3.03. The van der Waals surface area contributed by atoms with Crippen molar-refractivity contribution < 1.29 is 104 Å². The number of rotatable bonds is 13. The number of aliphatic hydroxyl groups is 11. The predicted molar refractivity (Wildman–Crippen MR) is 158 cm³/mol. The van der Waals surface area contributed by atoms with Gasteiger partial charge in [0.25, 0.3) is 5.79 Å². The van der Waals surface area contributed by atoms with Crippen molar-refractivity contribution in [2.75, 3.05) is 19.8 Å². The van der Waals surface area contributed by atoms with Gasteiger partial charge >= 0.3 is 5.97 Å². The Kier molecular flexibility index (Phi) is 14.1. The molecule has 0 spiro atoms. The maximum atomic E-state index is 12.8. The number of nitrogens with one attached hydrogen (secondary N) is 1. The Labute approximate surface area is 289 Å². The lowest BCUT2D eigenvalue weighted by atomic mass is 9.88. The third-order valence-electron chi connectivity index (χ3n) is 9.12. The van der Waals surface area contributed by atoms with Gasteiger partial charge < -0.3 is 99.8 Å². The summed E-state index contributed by atoms with van der Waals surface area (Å²) >= 11 is 0. The van der Waals surface area contributed by atoms with Crippen molar-refractivity contribution in [2.24, 2.45) is 0 Å². The normalized spacial score (nSPS) is 45.7. The van der Waals surface area contributed by atoms with Crippen LogP contribution < -0.4 is 5.32 Å². The van der Waals surface area contributed by atoms with Gasteiger partial charge in [0.05, 0.1) is 44.3 Å². The highest BCUT2D eigenvalue weighted by Gasteiger charge is 2.60. The molecule has 3 saturated heterocycles. The first-order valence-corrected chi connectivity index (χ1v) is 16.1. The topological polar surface area (TPSA) is 354 Å². The van der Waals surface area contributed by atoms with Gasteiger partial charge in [-0.15, -0.1) is 0 Å². The molecule has 22 nitrogen and oxygen atoms in total. The maximum absolute atomic E-state index is 12.8. The number of aliphatic carboxylic acids is 1. The van der Waals surface area contributed by atoms with Crippen LogP contribution in [-0.2, 0) is 42.7 Å². The van der Waals surface area contributed by atoms with Gasteiger partial charge in [0.2, 0.25) is 5.91 Å². The largest absolute Gasteiger partial charge is 0.493 e. The molecule has 0 radical (unpaired) electrons. The van der Waals surface area contributed by atoms with Crippen LogP contribution in [0, 0.1) is 0 Å². The number of carboxylic acids is 1. The Balaban J connectivity index is 1.62. The summed E-state index contributed by atoms with van der Waals surface area (Å²) in [5.74, 6) is -5.74. The zero-order valence-corrected chi connectivity index (χ0v) is 27.4. The van der Waals surface area contributed by atoms with Gasteiger partial charge in [-0.05, 0) is 13.0 Å². The summed E-state index contributed by atoms with van der Waals surface area (Å²) in [4.78, 5) is 24.6. The van der Waals surface area contributed by atoms with Crippen molar-refractivity contribution >= 4 is 11.9 Å². The Hall–Kier alpha value is -2.20. The minimum Gasteiger partial charge on any atom is -0.493 e. The van der Waals surface area contributed by atoms with Gasteiger partial charge in [0.15, 0.2) is 12.6 Å². The quantitative estimate of drug-likeness (QED) is 0.0832. The first kappa shape index (κ1) is 41.6. The Morgan fingerprint density at radius 1 is 0.882 bits per heavy atom. The van der Waals surface area contributed by atoms with Gasteiger partial charge in [-0.1, -0.05) is 0 Å². The molecule has 51 heavy (non-hydrogen) atoms. The second-order valence-electron chi connectivity index (χ2n) is 12.7. The fourth-order valence-corrected chi connectivity index (χ4v) is 6.27. The van der Waals surface area contributed by atoms with Crippen molar-refractivity contribution in [3.8, 4) is 0 Å². The van der Waals surface area contributed by atoms with Crippen LogP contribution in [0.4, 0.5) is 0 Å². The van der Waals surface area contributed by atoms with Crippen LogP contribution in [0.25, 0.3) is 0 Å². The smallest absolute Gasteiger partial charge is 0.364 e. The summed E-state index contributed by atoms with van der Waals surface area (Å²) in [7, 11) is 0. The van der Waals surface area contributed by atoms with Crippen LogP contribution in [0.15, 0.2) is 12.3 Å². The van der Waals surface area contributed by atoms with Crippen LogP contribution in [-0.4, -0.2) is 209 Å². The molecular weight excluding hydrogens is 698 g/mol. The molecule has 0 aliphatic carbocycles. The van der Waals surface area contributed by atoms with Crippen molar-refractivity contribution in [1.29, 1.82) is 0 Å². The van der Waals surface area contributed by atoms with Crippen molar-refractivity contribution in [2.45, 2.75) is 136 Å². The second-order valence-corrected chi connectivity index (χ2v) is 12.7. The third-order valence-corrected chi connectivity index (χ3v) is 9.12. The molecule has 4 aliphatic heterocycles. The molecule has 0 aromatic rings. The van der Waals surface area contributed by atoms with E-state index in [-0.39, 0.29) is 0 Å². The average Bonchev–Trinajstić information content (AvgIpc) is 3.09. The van der Waals surface area contributed by atoms with Crippen LogP contribution in [0.3, 0.4) is 0 Å². The molecule has 22 heteroatoms. The first-order chi connectivity index (χ1) is 24.0. The second kappa shape index (κ2) is 17.3. The van der Waals surface area contributed by atoms with E-state index < -0.39 is 154 Å². The van der Waals surface area contributed by atoms with Gasteiger partial charge in [0.1, 0.15) is 79.4 Å². The fraction of sp³-hybridized carbons (Fsp3) is 0.862. The number of carbonyl (C=O) groups excluding carboxylic acids is 1. The zero-order valence-electron chi connectivity index (χ0n) is 27.4. The van der Waals surface area contributed by atoms with E-state index in [0.29, 0.717) is 0 Å². The summed E-state index contributed by atoms with van der Waals surface area (Å²) in [6, 6.07) is -1.55. The van der Waals surface area contributed by atoms with Gasteiger partial charge in [-0.25, -0.2) is 4.79 Å². The van der Waals surface area contributed by atoms with Crippen molar-refractivity contribution in [3.05, 3.63) is 12.3 Å². The summed E-state index contributed by atoms with van der Waals surface area (Å²) in [6.07, 6.45) is -27.9. The highest BCUT2D eigenvalue weighted by Crippen LogP contribution is 2.38. The molecule has 0 aromatic heterocycles. The number of amides is 1. The highest BCUT2D eigenvalue weighted by atomic mass is 16.8. The predicted octanol–water partition coefficient (Wildman–Crippen LogP) is -7.54. The number of carbonyl (C=O) groups is 2. The van der Waals surface area contributed by atoms with E-state index in [1.807, 2.05) is 0 Å². The van der Waals surface area contributed by atoms with E-state index in [2.05, 4.69) is 5.32 Å². The summed E-state index contributed by atoms with van der Waals surface area (Å²) < 4.78 is 39.4. The highest BCUT2D eigenvalue weighted by molar-refractivity contribution is 5.76. The van der Waals surface area contributed by atoms with Crippen molar-refractivity contribution in [3.63, 3.8) is 0 Å². The molecular formula is C29H47NO21. The molecule has 0 bridgehead atoms. The summed E-state index contributed by atoms with van der Waals surface area (Å²) in [6.45, 7) is -0.296. The maximum Gasteiger partial charge on any atom is 0.364 e. The average molecular weight is 746 g/mol. The van der Waals surface area contributed by atoms with Crippen molar-refractivity contribution in [1.82, 2.24) is 5.32 Å². The number of hydrogen-bond donors (Lipinski definition) is 13. The van der Waals surface area contributed by atoms with Crippen LogP contribution >= 0.6 is 0 Å². The molecule has 1 amide bonds. The molecule has 4 rings (SSSR count). The summed E-state index contributed by atoms with van der Waals surface area (Å²) in [5, 5.41) is 127. The number of ether oxygens (including phenoxy) is 7. The molecule has 0 unspecified atom stereocenters. The molecule has 4 aliphatic rings. The zero-order chi connectivity index (χ0) is 37.9. The third kappa shape index (κ3) is 8.79. The lowest BCUT2D eigenvalue weighted by Crippen LogP contribution is -2.70. The molecule has 294 valence electrons. The molecule has 19 atom stereocenters. The van der Waals surface area contributed by atoms with Gasteiger partial charge in [0, 0.05) is 13.3 Å². The molecule has 13 N–H and O–H groups in total. The van der Waals surface area contributed by atoms with Crippen LogP contribution in [0.5, 0.6) is 0 Å². The number of aliphatic hydroxyl groups excluding tert-OH is 11. The monoisotopic (exact) mass is 745 g/mol. The van der Waals surface area contributed by atoms with E-state index in [9.17, 15) is 70.9 Å². The van der Waals surface area contributed by atoms with Gasteiger partial charge in [-0.3, -0.25) is 4.79 Å². The van der Waals surface area contributed by atoms with E-state index in [4.69, 9.17) is 33.2 Å². The van der Waals surface area contributed by atoms with E-state index in [1.165, 1.54) is 13.0 Å². The summed E-state index contributed by atoms with van der Waals surface area (Å²) in [5.41, 5.74) is 0. The number of carboxylic acid groups (broad SMARTS) is 1. The lowest BCUT2D eigenvalue weighted by Gasteiger charge is -2.50. The molecule has 3 fully saturated rings. The van der Waals surface area contributed by atoms with E-state index in [1.54, 1.807) is 0 Å². The number of hydrogen-bond acceptors (Lipinski definition) is 20. The standard InChI is InChI=1S/C29H47NO21/c1-9-17(37)20(40)21(41)26(46-9)47-13-3-4-45-15(8-33)23(13)49-27-22(42)25(19(39)14(7-32)48-27)51-29(28(43)44)5-11(35)16(30-10(2)34)24(50-29)18(38)12(36)6-31/h3-4,9,11-27,31-33,35-42H,5-8H2,1-2H3,(H,30,34)(H,43,44)/t9-,11-,12+,13+,14+,15+,16+,17+,18-,19-,20+,21-,22+,23-,24+,25-,26-,27-,29-/m0/s1. The minimum absolute atomic E-state index is 0.734. The fourth-order valence-electron chi connectivity index (χ4n) is 6.27. The van der Waals surface area contributed by atoms with E-state index in [0.717, 1.165) is 13.2 Å². The molecule has 0 saturated carbocycles. The lowest BCUT2D eigenvalue weighted by molar-refractivity contribution is -0.379. The van der Waals surface area contributed by atoms with Crippen LogP contribution in [0.2, 0.25) is 0 Å². The van der Waals surface area contributed by atoms with E-state index >= 15 is 0 Å². The Morgan fingerprint density at radius 3 is 2.12 bits per heavy atom. The Morgan fingerprint density at radius 2 is 1.53 bits per heavy atom. The molecule has 0 aromatic carbocycles. The molecule has 4 heterocycles.